The third kappa shape index (κ3) is 6.33. The van der Waals surface area contributed by atoms with Crippen molar-refractivity contribution in [2.24, 2.45) is 10.9 Å². The Balaban J connectivity index is 0.00000208. The van der Waals surface area contributed by atoms with Gasteiger partial charge in [-0.2, -0.15) is 0 Å². The zero-order valence-electron chi connectivity index (χ0n) is 15.5. The van der Waals surface area contributed by atoms with E-state index in [1.165, 1.54) is 51.6 Å². The molecule has 0 spiro atoms. The lowest BCUT2D eigenvalue weighted by Gasteiger charge is -2.25. The summed E-state index contributed by atoms with van der Waals surface area (Å²) in [6, 6.07) is 1.56. The molecule has 3 rings (SSSR count). The monoisotopic (exact) mass is 449 g/mol. The van der Waals surface area contributed by atoms with Gasteiger partial charge < -0.3 is 10.6 Å². The van der Waals surface area contributed by atoms with Gasteiger partial charge in [0.1, 0.15) is 0 Å². The average molecular weight is 449 g/mol. The molecule has 1 unspecified atom stereocenters. The molecule has 0 aromatic rings. The number of aliphatic imine (C=N–C) groups is 1. The van der Waals surface area contributed by atoms with Crippen LogP contribution < -0.4 is 10.6 Å². The van der Waals surface area contributed by atoms with Crippen LogP contribution in [0.4, 0.5) is 0 Å². The van der Waals surface area contributed by atoms with Crippen molar-refractivity contribution in [1.82, 2.24) is 20.4 Å². The van der Waals surface area contributed by atoms with Crippen LogP contribution in [0.2, 0.25) is 0 Å². The molecular formula is C18H36IN5. The van der Waals surface area contributed by atoms with Crippen molar-refractivity contribution >= 4 is 29.9 Å². The highest BCUT2D eigenvalue weighted by atomic mass is 127. The van der Waals surface area contributed by atoms with E-state index in [-0.39, 0.29) is 24.0 Å². The SMILES string of the molecule is CCN1CCCC1CNC(=NC)NCCN(CC1CC1)C1CC1.I. The van der Waals surface area contributed by atoms with Crippen molar-refractivity contribution in [1.29, 1.82) is 0 Å². The topological polar surface area (TPSA) is 42.9 Å². The van der Waals surface area contributed by atoms with Crippen LogP contribution in [-0.2, 0) is 0 Å². The Morgan fingerprint density at radius 1 is 1.17 bits per heavy atom. The molecule has 1 aliphatic heterocycles. The lowest BCUT2D eigenvalue weighted by Crippen LogP contribution is -2.46. The number of hydrogen-bond donors (Lipinski definition) is 2. The molecule has 2 N–H and O–H groups in total. The van der Waals surface area contributed by atoms with E-state index in [1.807, 2.05) is 7.05 Å². The number of nitrogens with one attached hydrogen (secondary N) is 2. The normalized spacial score (nSPS) is 25.0. The van der Waals surface area contributed by atoms with Crippen molar-refractivity contribution in [3.05, 3.63) is 0 Å². The summed E-state index contributed by atoms with van der Waals surface area (Å²) in [5, 5.41) is 7.04. The van der Waals surface area contributed by atoms with Crippen LogP contribution in [0.15, 0.2) is 4.99 Å². The first-order valence-corrected chi connectivity index (χ1v) is 9.72. The first-order chi connectivity index (χ1) is 11.3. The predicted molar refractivity (Wildman–Crippen MR) is 112 cm³/mol. The fourth-order valence-corrected chi connectivity index (χ4v) is 3.79. The minimum atomic E-state index is 0. The van der Waals surface area contributed by atoms with Gasteiger partial charge in [-0.15, -0.1) is 24.0 Å². The molecule has 0 aromatic carbocycles. The largest absolute Gasteiger partial charge is 0.355 e. The van der Waals surface area contributed by atoms with Gasteiger partial charge in [-0.25, -0.2) is 0 Å². The average Bonchev–Trinajstić information content (AvgIpc) is 3.48. The molecule has 3 fully saturated rings. The van der Waals surface area contributed by atoms with Crippen molar-refractivity contribution in [3.63, 3.8) is 0 Å². The second kappa shape index (κ2) is 10.2. The van der Waals surface area contributed by atoms with Gasteiger partial charge in [-0.3, -0.25) is 14.8 Å². The van der Waals surface area contributed by atoms with Crippen molar-refractivity contribution < 1.29 is 0 Å². The number of guanidine groups is 1. The van der Waals surface area contributed by atoms with Crippen LogP contribution in [0, 0.1) is 5.92 Å². The van der Waals surface area contributed by atoms with Gasteiger partial charge in [-0.05, 0) is 57.5 Å². The molecule has 1 saturated heterocycles. The predicted octanol–water partition coefficient (Wildman–Crippen LogP) is 2.13. The molecule has 0 radical (unpaired) electrons. The molecule has 6 heteroatoms. The third-order valence-corrected chi connectivity index (χ3v) is 5.58. The number of halogens is 1. The van der Waals surface area contributed by atoms with Crippen molar-refractivity contribution in [2.45, 2.75) is 57.5 Å². The summed E-state index contributed by atoms with van der Waals surface area (Å²) in [6.45, 7) is 9.19. The smallest absolute Gasteiger partial charge is 0.191 e. The lowest BCUT2D eigenvalue weighted by molar-refractivity contribution is 0.255. The Morgan fingerprint density at radius 3 is 2.58 bits per heavy atom. The standard InChI is InChI=1S/C18H35N5.HI/c1-3-22-11-4-5-17(22)13-21-18(19-2)20-10-12-23(16-8-9-16)14-15-6-7-15;/h15-17H,3-14H2,1-2H3,(H2,19,20,21);1H. The molecule has 0 amide bonds. The summed E-state index contributed by atoms with van der Waals surface area (Å²) >= 11 is 0. The second-order valence-electron chi connectivity index (χ2n) is 7.47. The zero-order valence-corrected chi connectivity index (χ0v) is 17.8. The minimum Gasteiger partial charge on any atom is -0.355 e. The molecule has 1 heterocycles. The van der Waals surface area contributed by atoms with E-state index in [9.17, 15) is 0 Å². The van der Waals surface area contributed by atoms with Gasteiger partial charge in [0.25, 0.3) is 0 Å². The molecule has 3 aliphatic rings. The van der Waals surface area contributed by atoms with E-state index >= 15 is 0 Å². The maximum absolute atomic E-state index is 4.39. The van der Waals surface area contributed by atoms with Crippen LogP contribution in [-0.4, -0.2) is 74.2 Å². The Labute approximate surface area is 165 Å². The Bertz CT molecular complexity index is 395. The number of likely N-dealkylation sites (tertiary alicyclic amines) is 1. The fourth-order valence-electron chi connectivity index (χ4n) is 3.79. The van der Waals surface area contributed by atoms with E-state index in [0.29, 0.717) is 6.04 Å². The highest BCUT2D eigenvalue weighted by molar-refractivity contribution is 14.0. The van der Waals surface area contributed by atoms with Gasteiger partial charge in [0.2, 0.25) is 0 Å². The molecule has 0 aromatic heterocycles. The van der Waals surface area contributed by atoms with Crippen molar-refractivity contribution in [3.8, 4) is 0 Å². The minimum absolute atomic E-state index is 0. The molecule has 1 atom stereocenters. The van der Waals surface area contributed by atoms with Gasteiger partial charge in [0.15, 0.2) is 5.96 Å². The Hall–Kier alpha value is -0.0800. The summed E-state index contributed by atoms with van der Waals surface area (Å²) in [6.07, 6.45) is 8.38. The summed E-state index contributed by atoms with van der Waals surface area (Å²) in [7, 11) is 1.88. The van der Waals surface area contributed by atoms with Crippen LogP contribution in [0.5, 0.6) is 0 Å². The maximum atomic E-state index is 4.39. The quantitative estimate of drug-likeness (QED) is 0.322. The number of rotatable bonds is 9. The van der Waals surface area contributed by atoms with Gasteiger partial charge in [0, 0.05) is 45.3 Å². The Kier molecular flexibility index (Phi) is 8.57. The summed E-state index contributed by atoms with van der Waals surface area (Å²) < 4.78 is 0. The first kappa shape index (κ1) is 20.2. The number of hydrogen-bond acceptors (Lipinski definition) is 3. The molecular weight excluding hydrogens is 413 g/mol. The van der Waals surface area contributed by atoms with Gasteiger partial charge >= 0.3 is 0 Å². The van der Waals surface area contributed by atoms with E-state index in [4.69, 9.17) is 0 Å². The molecule has 2 aliphatic carbocycles. The van der Waals surface area contributed by atoms with Crippen LogP contribution in [0.1, 0.15) is 45.4 Å². The third-order valence-electron chi connectivity index (χ3n) is 5.58. The zero-order chi connectivity index (χ0) is 16.1. The van der Waals surface area contributed by atoms with E-state index in [2.05, 4.69) is 32.3 Å². The molecule has 0 bridgehead atoms. The second-order valence-corrected chi connectivity index (χ2v) is 7.47. The molecule has 2 saturated carbocycles. The van der Waals surface area contributed by atoms with Gasteiger partial charge in [-0.1, -0.05) is 6.92 Å². The summed E-state index contributed by atoms with van der Waals surface area (Å²) in [5.74, 6) is 1.96. The van der Waals surface area contributed by atoms with E-state index in [1.54, 1.807) is 0 Å². The van der Waals surface area contributed by atoms with Crippen LogP contribution >= 0.6 is 24.0 Å². The first-order valence-electron chi connectivity index (χ1n) is 9.72. The fraction of sp³-hybridized carbons (Fsp3) is 0.944. The van der Waals surface area contributed by atoms with Gasteiger partial charge in [0.05, 0.1) is 0 Å². The lowest BCUT2D eigenvalue weighted by atomic mass is 10.2. The molecule has 140 valence electrons. The van der Waals surface area contributed by atoms with E-state index in [0.717, 1.165) is 44.1 Å². The molecule has 24 heavy (non-hydrogen) atoms. The Morgan fingerprint density at radius 2 is 1.96 bits per heavy atom. The number of nitrogens with zero attached hydrogens (tertiary/aromatic N) is 3. The number of likely N-dealkylation sites (N-methyl/N-ethyl adjacent to an activating group) is 1. The highest BCUT2D eigenvalue weighted by Crippen LogP contribution is 2.34. The summed E-state index contributed by atoms with van der Waals surface area (Å²) in [5.41, 5.74) is 0. The van der Waals surface area contributed by atoms with Crippen LogP contribution in [0.25, 0.3) is 0 Å². The maximum Gasteiger partial charge on any atom is 0.191 e. The van der Waals surface area contributed by atoms with E-state index < -0.39 is 0 Å². The summed E-state index contributed by atoms with van der Waals surface area (Å²) in [4.78, 5) is 9.66. The van der Waals surface area contributed by atoms with Crippen LogP contribution in [0.3, 0.4) is 0 Å². The molecule has 5 nitrogen and oxygen atoms in total. The van der Waals surface area contributed by atoms with Crippen molar-refractivity contribution in [2.75, 3.05) is 46.3 Å². The highest BCUT2D eigenvalue weighted by Gasteiger charge is 2.33.